The molecule has 17 heavy (non-hydrogen) atoms. The van der Waals surface area contributed by atoms with Crippen LogP contribution in [-0.2, 0) is 14.8 Å². The van der Waals surface area contributed by atoms with Gasteiger partial charge in [-0.3, -0.25) is 4.79 Å². The summed E-state index contributed by atoms with van der Waals surface area (Å²) in [6, 6.07) is 4.26. The summed E-state index contributed by atoms with van der Waals surface area (Å²) >= 11 is 0. The van der Waals surface area contributed by atoms with Crippen LogP contribution in [0.3, 0.4) is 0 Å². The fourth-order valence-electron chi connectivity index (χ4n) is 1.23. The van der Waals surface area contributed by atoms with Gasteiger partial charge in [-0.15, -0.1) is 0 Å². The van der Waals surface area contributed by atoms with E-state index in [0.29, 0.717) is 17.8 Å². The van der Waals surface area contributed by atoms with Crippen LogP contribution < -0.4 is 10.1 Å². The van der Waals surface area contributed by atoms with Gasteiger partial charge in [-0.05, 0) is 18.2 Å². The summed E-state index contributed by atoms with van der Waals surface area (Å²) in [6.07, 6.45) is 0.462. The van der Waals surface area contributed by atoms with Crippen molar-refractivity contribution in [3.63, 3.8) is 0 Å². The highest BCUT2D eigenvalue weighted by Gasteiger charge is 2.18. The Balaban J connectivity index is 3.30. The lowest BCUT2D eigenvalue weighted by molar-refractivity contribution is -0.105. The highest BCUT2D eigenvalue weighted by Crippen LogP contribution is 2.27. The molecule has 1 aromatic carbocycles. The van der Waals surface area contributed by atoms with Crippen LogP contribution in [0.5, 0.6) is 5.75 Å². The molecule has 0 aliphatic heterocycles. The molecular formula is C10H14N2O4S. The molecule has 0 heterocycles. The molecule has 0 spiro atoms. The van der Waals surface area contributed by atoms with Gasteiger partial charge in [0.1, 0.15) is 5.75 Å². The lowest BCUT2D eigenvalue weighted by atomic mass is 10.3. The molecule has 0 aromatic heterocycles. The Morgan fingerprint density at radius 3 is 2.47 bits per heavy atom. The van der Waals surface area contributed by atoms with Crippen molar-refractivity contribution in [2.24, 2.45) is 0 Å². The first-order chi connectivity index (χ1) is 7.93. The Bertz CT molecular complexity index is 511. The second kappa shape index (κ2) is 5.15. The van der Waals surface area contributed by atoms with E-state index < -0.39 is 10.0 Å². The van der Waals surface area contributed by atoms with E-state index in [1.54, 1.807) is 0 Å². The number of hydrogen-bond acceptors (Lipinski definition) is 4. The fourth-order valence-corrected chi connectivity index (χ4v) is 2.16. The topological polar surface area (TPSA) is 75.7 Å². The third-order valence-electron chi connectivity index (χ3n) is 2.16. The Kier molecular flexibility index (Phi) is 4.08. The lowest BCUT2D eigenvalue weighted by Crippen LogP contribution is -2.22. The van der Waals surface area contributed by atoms with Crippen LogP contribution in [0.2, 0.25) is 0 Å². The molecule has 0 atom stereocenters. The second-order valence-electron chi connectivity index (χ2n) is 3.41. The Morgan fingerprint density at radius 1 is 1.35 bits per heavy atom. The number of methoxy groups -OCH3 is 1. The summed E-state index contributed by atoms with van der Waals surface area (Å²) < 4.78 is 29.8. The van der Waals surface area contributed by atoms with Gasteiger partial charge in [0, 0.05) is 14.1 Å². The van der Waals surface area contributed by atoms with Gasteiger partial charge < -0.3 is 10.1 Å². The fraction of sp³-hybridized carbons (Fsp3) is 0.300. The smallest absolute Gasteiger partial charge is 0.242 e. The first-order valence-electron chi connectivity index (χ1n) is 4.74. The van der Waals surface area contributed by atoms with Gasteiger partial charge in [0.25, 0.3) is 0 Å². The van der Waals surface area contributed by atoms with Gasteiger partial charge in [-0.25, -0.2) is 12.7 Å². The number of carbonyl (C=O) groups excluding carboxylic acids is 1. The number of amides is 1. The zero-order chi connectivity index (χ0) is 13.1. The molecule has 0 fully saturated rings. The number of carbonyl (C=O) groups is 1. The van der Waals surface area contributed by atoms with Gasteiger partial charge in [0.2, 0.25) is 16.4 Å². The number of sulfonamides is 1. The first kappa shape index (κ1) is 13.5. The van der Waals surface area contributed by atoms with Crippen LogP contribution >= 0.6 is 0 Å². The van der Waals surface area contributed by atoms with E-state index in [9.17, 15) is 13.2 Å². The van der Waals surface area contributed by atoms with Crippen molar-refractivity contribution >= 4 is 22.1 Å². The van der Waals surface area contributed by atoms with Gasteiger partial charge in [-0.1, -0.05) is 0 Å². The van der Waals surface area contributed by atoms with Gasteiger partial charge in [0.15, 0.2) is 0 Å². The lowest BCUT2D eigenvalue weighted by Gasteiger charge is -2.13. The number of rotatable bonds is 5. The largest absolute Gasteiger partial charge is 0.495 e. The van der Waals surface area contributed by atoms with Crippen LogP contribution in [0, 0.1) is 0 Å². The van der Waals surface area contributed by atoms with E-state index in [1.165, 1.54) is 39.4 Å². The summed E-state index contributed by atoms with van der Waals surface area (Å²) in [7, 11) is 0.789. The number of anilines is 1. The predicted molar refractivity (Wildman–Crippen MR) is 63.6 cm³/mol. The molecule has 0 saturated heterocycles. The molecule has 6 nitrogen and oxygen atoms in total. The molecule has 0 radical (unpaired) electrons. The molecule has 94 valence electrons. The van der Waals surface area contributed by atoms with Gasteiger partial charge >= 0.3 is 0 Å². The van der Waals surface area contributed by atoms with Crippen LogP contribution in [-0.4, -0.2) is 40.3 Å². The minimum absolute atomic E-state index is 0.0904. The second-order valence-corrected chi connectivity index (χ2v) is 5.56. The minimum Gasteiger partial charge on any atom is -0.495 e. The predicted octanol–water partition coefficient (Wildman–Crippen LogP) is 0.514. The Hall–Kier alpha value is -1.60. The van der Waals surface area contributed by atoms with E-state index >= 15 is 0 Å². The normalized spacial score (nSPS) is 11.3. The minimum atomic E-state index is -3.52. The maximum Gasteiger partial charge on any atom is 0.242 e. The van der Waals surface area contributed by atoms with Crippen molar-refractivity contribution in [3.05, 3.63) is 18.2 Å². The Morgan fingerprint density at radius 2 is 2.00 bits per heavy atom. The van der Waals surface area contributed by atoms with Crippen molar-refractivity contribution in [2.45, 2.75) is 4.90 Å². The van der Waals surface area contributed by atoms with Gasteiger partial charge in [-0.2, -0.15) is 0 Å². The van der Waals surface area contributed by atoms with E-state index in [-0.39, 0.29) is 4.90 Å². The average Bonchev–Trinajstić information content (AvgIpc) is 2.29. The molecule has 1 aromatic rings. The quantitative estimate of drug-likeness (QED) is 0.781. The summed E-state index contributed by atoms with van der Waals surface area (Å²) in [5, 5.41) is 2.39. The monoisotopic (exact) mass is 258 g/mol. The highest BCUT2D eigenvalue weighted by molar-refractivity contribution is 7.89. The summed E-state index contributed by atoms with van der Waals surface area (Å²) in [5.41, 5.74) is 0.311. The van der Waals surface area contributed by atoms with E-state index in [0.717, 1.165) is 4.31 Å². The number of nitrogens with zero attached hydrogens (tertiary/aromatic N) is 1. The Labute approximate surface area is 100 Å². The van der Waals surface area contributed by atoms with Crippen LogP contribution in [0.25, 0.3) is 0 Å². The van der Waals surface area contributed by atoms with Crippen LogP contribution in [0.1, 0.15) is 0 Å². The van der Waals surface area contributed by atoms with Crippen LogP contribution in [0.15, 0.2) is 23.1 Å². The molecule has 0 bridgehead atoms. The first-order valence-corrected chi connectivity index (χ1v) is 6.18. The maximum atomic E-state index is 11.9. The van der Waals surface area contributed by atoms with E-state index in [4.69, 9.17) is 4.74 Å². The summed E-state index contributed by atoms with van der Waals surface area (Å²) in [5.74, 6) is 0.398. The third kappa shape index (κ3) is 2.75. The standard InChI is InChI=1S/C10H14N2O4S/c1-12(2)17(14,15)8-4-5-10(16-3)9(6-8)11-7-13/h4-7H,1-3H3,(H,11,13). The van der Waals surface area contributed by atoms with E-state index in [1.807, 2.05) is 0 Å². The summed E-state index contributed by atoms with van der Waals surface area (Å²) in [6.45, 7) is 0. The number of ether oxygens (including phenoxy) is 1. The highest BCUT2D eigenvalue weighted by atomic mass is 32.2. The number of benzene rings is 1. The molecular weight excluding hydrogens is 244 g/mol. The van der Waals surface area contributed by atoms with E-state index in [2.05, 4.69) is 5.32 Å². The van der Waals surface area contributed by atoms with Crippen LogP contribution in [0.4, 0.5) is 5.69 Å². The maximum absolute atomic E-state index is 11.9. The molecule has 1 N–H and O–H groups in total. The number of hydrogen-bond donors (Lipinski definition) is 1. The number of nitrogens with one attached hydrogen (secondary N) is 1. The molecule has 7 heteroatoms. The molecule has 0 aliphatic rings. The van der Waals surface area contributed by atoms with Crippen molar-refractivity contribution < 1.29 is 17.9 Å². The average molecular weight is 258 g/mol. The van der Waals surface area contributed by atoms with Gasteiger partial charge in [0.05, 0.1) is 17.7 Å². The van der Waals surface area contributed by atoms with Crippen molar-refractivity contribution in [2.75, 3.05) is 26.5 Å². The van der Waals surface area contributed by atoms with Crippen molar-refractivity contribution in [1.29, 1.82) is 0 Å². The zero-order valence-electron chi connectivity index (χ0n) is 9.80. The molecule has 0 saturated carbocycles. The van der Waals surface area contributed by atoms with Crippen molar-refractivity contribution in [3.8, 4) is 5.75 Å². The molecule has 0 aliphatic carbocycles. The van der Waals surface area contributed by atoms with Crippen molar-refractivity contribution in [1.82, 2.24) is 4.31 Å². The zero-order valence-corrected chi connectivity index (χ0v) is 10.6. The molecule has 0 unspecified atom stereocenters. The molecule has 1 amide bonds. The SMILES string of the molecule is COc1ccc(S(=O)(=O)N(C)C)cc1NC=O. The summed E-state index contributed by atoms with van der Waals surface area (Å²) in [4.78, 5) is 10.5. The third-order valence-corrected chi connectivity index (χ3v) is 3.98. The molecule has 1 rings (SSSR count).